The number of rotatable bonds is 4. The molecule has 84 valence electrons. The van der Waals surface area contributed by atoms with Gasteiger partial charge in [-0.05, 0) is 36.2 Å². The molecule has 0 bridgehead atoms. The molecule has 2 nitrogen and oxygen atoms in total. The van der Waals surface area contributed by atoms with Crippen LogP contribution in [0.1, 0.15) is 16.0 Å². The average Bonchev–Trinajstić information content (AvgIpc) is 2.67. The highest BCUT2D eigenvalue weighted by molar-refractivity contribution is 7.16. The maximum atomic E-state index is 5.86. The SMILES string of the molecule is Cc1ccncc1CNCc1ccc(Cl)s1. The number of aromatic nitrogens is 1. The Morgan fingerprint density at radius 2 is 2.19 bits per heavy atom. The van der Waals surface area contributed by atoms with Gasteiger partial charge in [0.2, 0.25) is 0 Å². The maximum absolute atomic E-state index is 5.86. The van der Waals surface area contributed by atoms with Crippen molar-refractivity contribution in [3.63, 3.8) is 0 Å². The minimum atomic E-state index is 0.842. The average molecular weight is 253 g/mol. The molecule has 2 heterocycles. The van der Waals surface area contributed by atoms with Crippen LogP contribution in [0.5, 0.6) is 0 Å². The second kappa shape index (κ2) is 5.43. The van der Waals surface area contributed by atoms with Gasteiger partial charge in [-0.2, -0.15) is 0 Å². The van der Waals surface area contributed by atoms with Gasteiger partial charge < -0.3 is 5.32 Å². The van der Waals surface area contributed by atoms with Gasteiger partial charge in [-0.3, -0.25) is 4.98 Å². The number of hydrogen-bond donors (Lipinski definition) is 1. The van der Waals surface area contributed by atoms with Crippen LogP contribution in [0.4, 0.5) is 0 Å². The molecule has 16 heavy (non-hydrogen) atoms. The Kier molecular flexibility index (Phi) is 3.93. The van der Waals surface area contributed by atoms with Crippen molar-refractivity contribution in [2.75, 3.05) is 0 Å². The molecule has 0 amide bonds. The zero-order valence-corrected chi connectivity index (χ0v) is 10.6. The third-order valence-electron chi connectivity index (χ3n) is 2.39. The van der Waals surface area contributed by atoms with Crippen LogP contribution in [0.25, 0.3) is 0 Å². The number of pyridine rings is 1. The molecule has 0 fully saturated rings. The third-order valence-corrected chi connectivity index (χ3v) is 3.62. The summed E-state index contributed by atoms with van der Waals surface area (Å²) < 4.78 is 0.842. The third kappa shape index (κ3) is 3.04. The van der Waals surface area contributed by atoms with Crippen molar-refractivity contribution < 1.29 is 0 Å². The molecule has 0 aromatic carbocycles. The molecular formula is C12H13ClN2S. The normalized spacial score (nSPS) is 10.6. The summed E-state index contributed by atoms with van der Waals surface area (Å²) in [4.78, 5) is 5.37. The van der Waals surface area contributed by atoms with E-state index in [1.54, 1.807) is 11.3 Å². The van der Waals surface area contributed by atoms with Gasteiger partial charge in [0.25, 0.3) is 0 Å². The smallest absolute Gasteiger partial charge is 0.0931 e. The molecule has 0 spiro atoms. The summed E-state index contributed by atoms with van der Waals surface area (Å²) in [5.74, 6) is 0. The van der Waals surface area contributed by atoms with Crippen LogP contribution in [0.3, 0.4) is 0 Å². The van der Waals surface area contributed by atoms with E-state index in [0.29, 0.717) is 0 Å². The molecule has 0 unspecified atom stereocenters. The topological polar surface area (TPSA) is 24.9 Å². The van der Waals surface area contributed by atoms with Crippen LogP contribution in [-0.2, 0) is 13.1 Å². The van der Waals surface area contributed by atoms with Gasteiger partial charge in [0.05, 0.1) is 4.34 Å². The van der Waals surface area contributed by atoms with Crippen LogP contribution in [-0.4, -0.2) is 4.98 Å². The molecule has 0 aliphatic carbocycles. The zero-order chi connectivity index (χ0) is 11.4. The van der Waals surface area contributed by atoms with Crippen molar-refractivity contribution in [1.29, 1.82) is 0 Å². The maximum Gasteiger partial charge on any atom is 0.0931 e. The van der Waals surface area contributed by atoms with Crippen LogP contribution in [0.15, 0.2) is 30.6 Å². The number of thiophene rings is 1. The lowest BCUT2D eigenvalue weighted by Gasteiger charge is -2.05. The fraction of sp³-hybridized carbons (Fsp3) is 0.250. The first-order valence-electron chi connectivity index (χ1n) is 5.10. The van der Waals surface area contributed by atoms with Crippen molar-refractivity contribution in [2.24, 2.45) is 0 Å². The van der Waals surface area contributed by atoms with Crippen molar-refractivity contribution in [3.05, 3.63) is 50.9 Å². The molecule has 4 heteroatoms. The molecule has 0 saturated carbocycles. The van der Waals surface area contributed by atoms with E-state index in [2.05, 4.69) is 23.3 Å². The summed E-state index contributed by atoms with van der Waals surface area (Å²) in [5.41, 5.74) is 2.51. The van der Waals surface area contributed by atoms with E-state index in [4.69, 9.17) is 11.6 Å². The first-order chi connectivity index (χ1) is 7.75. The van der Waals surface area contributed by atoms with E-state index in [0.717, 1.165) is 17.4 Å². The van der Waals surface area contributed by atoms with Gasteiger partial charge in [-0.1, -0.05) is 11.6 Å². The van der Waals surface area contributed by atoms with Gasteiger partial charge in [-0.25, -0.2) is 0 Å². The standard InChI is InChI=1S/C12H13ClN2S/c1-9-4-5-14-6-10(9)7-15-8-11-2-3-12(13)16-11/h2-6,15H,7-8H2,1H3. The van der Waals surface area contributed by atoms with Crippen molar-refractivity contribution in [2.45, 2.75) is 20.0 Å². The Balaban J connectivity index is 1.87. The minimum absolute atomic E-state index is 0.842. The minimum Gasteiger partial charge on any atom is -0.308 e. The summed E-state index contributed by atoms with van der Waals surface area (Å²) in [7, 11) is 0. The van der Waals surface area contributed by atoms with Gasteiger partial charge in [-0.15, -0.1) is 11.3 Å². The molecule has 0 atom stereocenters. The molecular weight excluding hydrogens is 240 g/mol. The van der Waals surface area contributed by atoms with Crippen LogP contribution < -0.4 is 5.32 Å². The lowest BCUT2D eigenvalue weighted by Crippen LogP contribution is -2.12. The molecule has 2 aromatic rings. The molecule has 1 N–H and O–H groups in total. The zero-order valence-electron chi connectivity index (χ0n) is 9.03. The number of halogens is 1. The summed E-state index contributed by atoms with van der Waals surface area (Å²) in [6.45, 7) is 3.79. The molecule has 0 saturated heterocycles. The second-order valence-corrected chi connectivity index (χ2v) is 5.41. The summed E-state index contributed by atoms with van der Waals surface area (Å²) in [5, 5.41) is 3.38. The van der Waals surface area contributed by atoms with Crippen LogP contribution in [0, 0.1) is 6.92 Å². The van der Waals surface area contributed by atoms with Crippen LogP contribution >= 0.6 is 22.9 Å². The molecule has 0 radical (unpaired) electrons. The summed E-state index contributed by atoms with van der Waals surface area (Å²) in [6, 6.07) is 6.01. The number of nitrogens with zero attached hydrogens (tertiary/aromatic N) is 1. The van der Waals surface area contributed by atoms with E-state index in [1.165, 1.54) is 16.0 Å². The first-order valence-corrected chi connectivity index (χ1v) is 6.29. The lowest BCUT2D eigenvalue weighted by atomic mass is 10.1. The number of nitrogens with one attached hydrogen (secondary N) is 1. The quantitative estimate of drug-likeness (QED) is 0.902. The number of hydrogen-bond acceptors (Lipinski definition) is 3. The lowest BCUT2D eigenvalue weighted by molar-refractivity contribution is 0.696. The summed E-state index contributed by atoms with van der Waals surface area (Å²) in [6.07, 6.45) is 3.72. The van der Waals surface area contributed by atoms with E-state index in [9.17, 15) is 0 Å². The Labute approximate surface area is 104 Å². The second-order valence-electron chi connectivity index (χ2n) is 3.61. The Morgan fingerprint density at radius 1 is 1.31 bits per heavy atom. The fourth-order valence-corrected chi connectivity index (χ4v) is 2.51. The molecule has 2 rings (SSSR count). The van der Waals surface area contributed by atoms with E-state index >= 15 is 0 Å². The summed E-state index contributed by atoms with van der Waals surface area (Å²) >= 11 is 7.48. The Hall–Kier alpha value is -0.900. The van der Waals surface area contributed by atoms with Gasteiger partial charge in [0, 0.05) is 30.4 Å². The fourth-order valence-electron chi connectivity index (χ4n) is 1.45. The van der Waals surface area contributed by atoms with Crippen LogP contribution in [0.2, 0.25) is 4.34 Å². The van der Waals surface area contributed by atoms with E-state index in [-0.39, 0.29) is 0 Å². The Morgan fingerprint density at radius 3 is 2.88 bits per heavy atom. The van der Waals surface area contributed by atoms with E-state index in [1.807, 2.05) is 24.5 Å². The number of aryl methyl sites for hydroxylation is 1. The first kappa shape index (κ1) is 11.6. The highest BCUT2D eigenvalue weighted by Crippen LogP contribution is 2.21. The van der Waals surface area contributed by atoms with Gasteiger partial charge in [0.15, 0.2) is 0 Å². The monoisotopic (exact) mass is 252 g/mol. The van der Waals surface area contributed by atoms with Crippen molar-refractivity contribution in [3.8, 4) is 0 Å². The van der Waals surface area contributed by atoms with E-state index < -0.39 is 0 Å². The van der Waals surface area contributed by atoms with Gasteiger partial charge in [0.1, 0.15) is 0 Å². The molecule has 0 aliphatic heterocycles. The van der Waals surface area contributed by atoms with Crippen molar-refractivity contribution >= 4 is 22.9 Å². The Bertz CT molecular complexity index is 468. The van der Waals surface area contributed by atoms with Gasteiger partial charge >= 0.3 is 0 Å². The highest BCUT2D eigenvalue weighted by Gasteiger charge is 1.99. The highest BCUT2D eigenvalue weighted by atomic mass is 35.5. The largest absolute Gasteiger partial charge is 0.308 e. The van der Waals surface area contributed by atoms with Crippen molar-refractivity contribution in [1.82, 2.24) is 10.3 Å². The predicted molar refractivity (Wildman–Crippen MR) is 68.8 cm³/mol. The predicted octanol–water partition coefficient (Wildman–Crippen LogP) is 3.39. The molecule has 0 aliphatic rings. The molecule has 2 aromatic heterocycles.